The first kappa shape index (κ1) is 14.9. The van der Waals surface area contributed by atoms with Gasteiger partial charge in [0, 0.05) is 0 Å². The number of carbonyl (C=O) groups is 2. The molecule has 1 amide bonds. The third-order valence-corrected chi connectivity index (χ3v) is 4.26. The number of carbonyl (C=O) groups excluding carboxylic acids is 2. The minimum atomic E-state index is -0.811. The number of benzene rings is 1. The second kappa shape index (κ2) is 6.81. The van der Waals surface area contributed by atoms with Crippen molar-refractivity contribution in [3.05, 3.63) is 24.3 Å². The predicted octanol–water partition coefficient (Wildman–Crippen LogP) is 2.90. The molecule has 3 rings (SSSR count). The molecule has 1 unspecified atom stereocenters. The third-order valence-electron chi connectivity index (χ3n) is 4.26. The molecule has 2 aliphatic rings. The lowest BCUT2D eigenvalue weighted by molar-refractivity contribution is -0.149. The molecular weight excluding hydrogens is 282 g/mol. The van der Waals surface area contributed by atoms with E-state index in [1.54, 1.807) is 12.1 Å². The van der Waals surface area contributed by atoms with E-state index >= 15 is 0 Å². The molecule has 1 aliphatic heterocycles. The molecule has 0 bridgehead atoms. The first-order valence-corrected chi connectivity index (χ1v) is 7.94. The SMILES string of the molecule is O=C(CC1Oc2ccccc2NC1=O)OCC1CCCCC1. The molecule has 1 aliphatic carbocycles. The zero-order valence-electron chi connectivity index (χ0n) is 12.5. The molecule has 1 aromatic carbocycles. The van der Waals surface area contributed by atoms with Crippen LogP contribution in [0.4, 0.5) is 5.69 Å². The second-order valence-corrected chi connectivity index (χ2v) is 5.98. The van der Waals surface area contributed by atoms with E-state index in [0.717, 1.165) is 12.8 Å². The molecule has 1 saturated carbocycles. The molecular formula is C17H21NO4. The normalized spacial score (nSPS) is 21.5. The Bertz CT molecular complexity index is 551. The van der Waals surface area contributed by atoms with Crippen molar-refractivity contribution in [3.63, 3.8) is 0 Å². The maximum atomic E-state index is 12.0. The van der Waals surface area contributed by atoms with Crippen LogP contribution in [0.2, 0.25) is 0 Å². The molecule has 0 aromatic heterocycles. The first-order valence-electron chi connectivity index (χ1n) is 7.94. The molecule has 1 N–H and O–H groups in total. The van der Waals surface area contributed by atoms with Crippen molar-refractivity contribution >= 4 is 17.6 Å². The predicted molar refractivity (Wildman–Crippen MR) is 81.6 cm³/mol. The Morgan fingerprint density at radius 3 is 2.82 bits per heavy atom. The summed E-state index contributed by atoms with van der Waals surface area (Å²) in [7, 11) is 0. The van der Waals surface area contributed by atoms with E-state index in [1.165, 1.54) is 19.3 Å². The van der Waals surface area contributed by atoms with Crippen LogP contribution in [0.15, 0.2) is 24.3 Å². The number of esters is 1. The summed E-state index contributed by atoms with van der Waals surface area (Å²) in [6.07, 6.45) is 5.10. The van der Waals surface area contributed by atoms with Crippen molar-refractivity contribution in [2.24, 2.45) is 5.92 Å². The summed E-state index contributed by atoms with van der Waals surface area (Å²) < 4.78 is 10.9. The number of para-hydroxylation sites is 2. The lowest BCUT2D eigenvalue weighted by Gasteiger charge is -2.25. The summed E-state index contributed by atoms with van der Waals surface area (Å²) in [5.41, 5.74) is 0.638. The molecule has 1 atom stereocenters. The molecule has 22 heavy (non-hydrogen) atoms. The van der Waals surface area contributed by atoms with Gasteiger partial charge in [-0.1, -0.05) is 31.4 Å². The first-order chi connectivity index (χ1) is 10.7. The Hall–Kier alpha value is -2.04. The van der Waals surface area contributed by atoms with Crippen LogP contribution in [0.5, 0.6) is 5.75 Å². The van der Waals surface area contributed by atoms with Gasteiger partial charge in [0.2, 0.25) is 0 Å². The summed E-state index contributed by atoms with van der Waals surface area (Å²) >= 11 is 0. The Morgan fingerprint density at radius 2 is 2.00 bits per heavy atom. The van der Waals surface area contributed by atoms with Crippen LogP contribution in [0.3, 0.4) is 0 Å². The quantitative estimate of drug-likeness (QED) is 0.869. The fourth-order valence-electron chi connectivity index (χ4n) is 3.00. The Morgan fingerprint density at radius 1 is 1.23 bits per heavy atom. The van der Waals surface area contributed by atoms with Crippen molar-refractivity contribution in [1.29, 1.82) is 0 Å². The number of fused-ring (bicyclic) bond motifs is 1. The Balaban J connectivity index is 1.50. The smallest absolute Gasteiger partial charge is 0.310 e. The van der Waals surface area contributed by atoms with Crippen LogP contribution in [0.1, 0.15) is 38.5 Å². The molecule has 118 valence electrons. The highest BCUT2D eigenvalue weighted by molar-refractivity contribution is 5.99. The Labute approximate surface area is 130 Å². The topological polar surface area (TPSA) is 64.6 Å². The molecule has 0 spiro atoms. The summed E-state index contributed by atoms with van der Waals surface area (Å²) in [6, 6.07) is 7.19. The molecule has 5 heteroatoms. The highest BCUT2D eigenvalue weighted by atomic mass is 16.5. The van der Waals surface area contributed by atoms with Gasteiger partial charge in [-0.2, -0.15) is 0 Å². The standard InChI is InChI=1S/C17H21NO4/c19-16(21-11-12-6-2-1-3-7-12)10-15-17(20)18-13-8-4-5-9-14(13)22-15/h4-5,8-9,12,15H,1-3,6-7,10-11H2,(H,18,20). The van der Waals surface area contributed by atoms with E-state index < -0.39 is 6.10 Å². The zero-order valence-corrected chi connectivity index (χ0v) is 12.5. The summed E-state index contributed by atoms with van der Waals surface area (Å²) in [5, 5.41) is 2.75. The lowest BCUT2D eigenvalue weighted by Crippen LogP contribution is -2.39. The van der Waals surface area contributed by atoms with Crippen LogP contribution >= 0.6 is 0 Å². The number of amides is 1. The van der Waals surface area contributed by atoms with Crippen LogP contribution in [-0.4, -0.2) is 24.6 Å². The van der Waals surface area contributed by atoms with Crippen molar-refractivity contribution in [3.8, 4) is 5.75 Å². The molecule has 0 saturated heterocycles. The maximum absolute atomic E-state index is 12.0. The number of ether oxygens (including phenoxy) is 2. The average Bonchev–Trinajstić information content (AvgIpc) is 2.55. The molecule has 1 fully saturated rings. The van der Waals surface area contributed by atoms with Crippen molar-refractivity contribution in [1.82, 2.24) is 0 Å². The molecule has 1 heterocycles. The second-order valence-electron chi connectivity index (χ2n) is 5.98. The summed E-state index contributed by atoms with van der Waals surface area (Å²) in [4.78, 5) is 23.9. The highest BCUT2D eigenvalue weighted by Crippen LogP contribution is 2.30. The number of hydrogen-bond acceptors (Lipinski definition) is 4. The van der Waals surface area contributed by atoms with Crippen LogP contribution < -0.4 is 10.1 Å². The fourth-order valence-corrected chi connectivity index (χ4v) is 3.00. The number of nitrogens with one attached hydrogen (secondary N) is 1. The third kappa shape index (κ3) is 3.59. The van der Waals surface area contributed by atoms with E-state index in [2.05, 4.69) is 5.32 Å². The van der Waals surface area contributed by atoms with Gasteiger partial charge in [-0.3, -0.25) is 9.59 Å². The minimum absolute atomic E-state index is 0.0487. The van der Waals surface area contributed by atoms with Gasteiger partial charge in [-0.15, -0.1) is 0 Å². The summed E-state index contributed by atoms with van der Waals surface area (Å²) in [6.45, 7) is 0.462. The van der Waals surface area contributed by atoms with Gasteiger partial charge in [-0.25, -0.2) is 0 Å². The van der Waals surface area contributed by atoms with Gasteiger partial charge in [0.25, 0.3) is 5.91 Å². The average molecular weight is 303 g/mol. The molecule has 0 radical (unpaired) electrons. The van der Waals surface area contributed by atoms with Gasteiger partial charge in [0.1, 0.15) is 5.75 Å². The minimum Gasteiger partial charge on any atom is -0.478 e. The van der Waals surface area contributed by atoms with E-state index in [-0.39, 0.29) is 18.3 Å². The van der Waals surface area contributed by atoms with Crippen LogP contribution in [0, 0.1) is 5.92 Å². The van der Waals surface area contributed by atoms with E-state index in [1.807, 2.05) is 12.1 Å². The Kier molecular flexibility index (Phi) is 4.61. The van der Waals surface area contributed by atoms with E-state index in [9.17, 15) is 9.59 Å². The monoisotopic (exact) mass is 303 g/mol. The lowest BCUT2D eigenvalue weighted by atomic mass is 9.90. The largest absolute Gasteiger partial charge is 0.478 e. The summed E-state index contributed by atoms with van der Waals surface area (Å²) in [5.74, 6) is 0.394. The van der Waals surface area contributed by atoms with Crippen LogP contribution in [-0.2, 0) is 14.3 Å². The number of anilines is 1. The zero-order chi connectivity index (χ0) is 15.4. The highest BCUT2D eigenvalue weighted by Gasteiger charge is 2.30. The van der Waals surface area contributed by atoms with Gasteiger partial charge in [0.05, 0.1) is 18.7 Å². The van der Waals surface area contributed by atoms with Crippen molar-refractivity contribution in [2.45, 2.75) is 44.6 Å². The molecule has 1 aromatic rings. The molecule has 5 nitrogen and oxygen atoms in total. The van der Waals surface area contributed by atoms with Gasteiger partial charge in [-0.05, 0) is 30.9 Å². The fraction of sp³-hybridized carbons (Fsp3) is 0.529. The van der Waals surface area contributed by atoms with Gasteiger partial charge in [0.15, 0.2) is 6.10 Å². The maximum Gasteiger partial charge on any atom is 0.310 e. The van der Waals surface area contributed by atoms with E-state index in [4.69, 9.17) is 9.47 Å². The number of hydrogen-bond donors (Lipinski definition) is 1. The number of rotatable bonds is 4. The van der Waals surface area contributed by atoms with Crippen molar-refractivity contribution < 1.29 is 19.1 Å². The van der Waals surface area contributed by atoms with Crippen molar-refractivity contribution in [2.75, 3.05) is 11.9 Å². The van der Waals surface area contributed by atoms with E-state index in [0.29, 0.717) is 24.0 Å². The van der Waals surface area contributed by atoms with Gasteiger partial charge < -0.3 is 14.8 Å². The van der Waals surface area contributed by atoms with Crippen LogP contribution in [0.25, 0.3) is 0 Å². The van der Waals surface area contributed by atoms with Gasteiger partial charge >= 0.3 is 5.97 Å².